The van der Waals surface area contributed by atoms with E-state index < -0.39 is 34.8 Å². The Morgan fingerprint density at radius 1 is 1.24 bits per heavy atom. The third-order valence-corrected chi connectivity index (χ3v) is 4.12. The van der Waals surface area contributed by atoms with Gasteiger partial charge in [0.1, 0.15) is 11.3 Å². The molecule has 1 aliphatic heterocycles. The summed E-state index contributed by atoms with van der Waals surface area (Å²) in [6, 6.07) is 7.23. The lowest BCUT2D eigenvalue weighted by Crippen LogP contribution is -2.43. The Balaban J connectivity index is 2.04. The Hall–Kier alpha value is -2.84. The van der Waals surface area contributed by atoms with Crippen LogP contribution in [-0.4, -0.2) is 22.6 Å². The second-order valence-corrected chi connectivity index (χ2v) is 5.89. The molecule has 0 saturated carbocycles. The fraction of sp³-hybridized carbons (Fsp3) is 0.312. The summed E-state index contributed by atoms with van der Waals surface area (Å²) in [5.41, 5.74) is -2.93. The highest BCUT2D eigenvalue weighted by Gasteiger charge is 2.46. The molecule has 1 atom stereocenters. The van der Waals surface area contributed by atoms with Crippen LogP contribution in [0.5, 0.6) is 5.75 Å². The summed E-state index contributed by atoms with van der Waals surface area (Å²) in [4.78, 5) is 28.0. The Morgan fingerprint density at radius 3 is 2.44 bits per heavy atom. The Bertz CT molecular complexity index is 890. The number of nitrogens with zero attached hydrogens (tertiary/aromatic N) is 2. The molecule has 0 saturated heterocycles. The van der Waals surface area contributed by atoms with Crippen molar-refractivity contribution in [2.24, 2.45) is 0 Å². The molecule has 25 heavy (non-hydrogen) atoms. The lowest BCUT2D eigenvalue weighted by Gasteiger charge is -2.24. The molecule has 1 unspecified atom stereocenters. The van der Waals surface area contributed by atoms with Gasteiger partial charge in [-0.15, -0.1) is 0 Å². The maximum atomic E-state index is 12.8. The van der Waals surface area contributed by atoms with Crippen molar-refractivity contribution in [1.82, 2.24) is 9.55 Å². The Kier molecular flexibility index (Phi) is 3.81. The number of methoxy groups -OCH3 is 1. The standard InChI is InChI=1S/C16H14F3N3O3/c1-15(8-9-3-5-10(25-2)6-4-9)13(24)21-14-20-11(16(17,18)19)7-12(23)22(14)15/h3-7H,8H2,1-2H3,(H,20,21,24). The van der Waals surface area contributed by atoms with Gasteiger partial charge in [0.15, 0.2) is 5.69 Å². The molecule has 9 heteroatoms. The summed E-state index contributed by atoms with van der Waals surface area (Å²) in [7, 11) is 1.51. The highest BCUT2D eigenvalue weighted by molar-refractivity contribution is 5.99. The lowest BCUT2D eigenvalue weighted by molar-refractivity contribution is -0.141. The van der Waals surface area contributed by atoms with Gasteiger partial charge in [0.2, 0.25) is 5.95 Å². The first-order chi connectivity index (χ1) is 11.6. The van der Waals surface area contributed by atoms with E-state index in [2.05, 4.69) is 10.3 Å². The summed E-state index contributed by atoms with van der Waals surface area (Å²) in [6.45, 7) is 1.49. The van der Waals surface area contributed by atoms with Crippen LogP contribution in [0.2, 0.25) is 0 Å². The summed E-state index contributed by atoms with van der Waals surface area (Å²) >= 11 is 0. The van der Waals surface area contributed by atoms with E-state index in [0.717, 1.165) is 10.1 Å². The van der Waals surface area contributed by atoms with Crippen LogP contribution in [0.1, 0.15) is 18.2 Å². The molecule has 1 aliphatic rings. The van der Waals surface area contributed by atoms with Crippen molar-refractivity contribution in [3.63, 3.8) is 0 Å². The van der Waals surface area contributed by atoms with Gasteiger partial charge >= 0.3 is 6.18 Å². The van der Waals surface area contributed by atoms with Gasteiger partial charge in [-0.1, -0.05) is 12.1 Å². The molecule has 0 aliphatic carbocycles. The molecule has 1 aromatic heterocycles. The number of benzene rings is 1. The minimum Gasteiger partial charge on any atom is -0.497 e. The molecular weight excluding hydrogens is 339 g/mol. The summed E-state index contributed by atoms with van der Waals surface area (Å²) in [5.74, 6) is -0.369. The minimum atomic E-state index is -4.77. The van der Waals surface area contributed by atoms with Gasteiger partial charge in [-0.2, -0.15) is 13.2 Å². The van der Waals surface area contributed by atoms with Gasteiger partial charge in [0, 0.05) is 12.5 Å². The molecular formula is C16H14F3N3O3. The van der Waals surface area contributed by atoms with E-state index >= 15 is 0 Å². The average Bonchev–Trinajstić information content (AvgIpc) is 2.78. The van der Waals surface area contributed by atoms with E-state index in [1.54, 1.807) is 24.3 Å². The number of hydrogen-bond donors (Lipinski definition) is 1. The van der Waals surface area contributed by atoms with Gasteiger partial charge in [0.05, 0.1) is 7.11 Å². The van der Waals surface area contributed by atoms with Gasteiger partial charge in [-0.25, -0.2) is 4.98 Å². The zero-order valence-corrected chi connectivity index (χ0v) is 13.3. The first-order valence-electron chi connectivity index (χ1n) is 7.31. The molecule has 2 aromatic rings. The number of carbonyl (C=O) groups excluding carboxylic acids is 1. The second-order valence-electron chi connectivity index (χ2n) is 5.89. The van der Waals surface area contributed by atoms with Crippen molar-refractivity contribution in [3.8, 4) is 5.75 Å². The molecule has 0 spiro atoms. The molecule has 1 N–H and O–H groups in total. The van der Waals surface area contributed by atoms with E-state index in [0.29, 0.717) is 11.8 Å². The van der Waals surface area contributed by atoms with Crippen molar-refractivity contribution in [1.29, 1.82) is 0 Å². The zero-order valence-electron chi connectivity index (χ0n) is 13.3. The summed E-state index contributed by atoms with van der Waals surface area (Å²) < 4.78 is 44.4. The van der Waals surface area contributed by atoms with Gasteiger partial charge in [0.25, 0.3) is 11.5 Å². The zero-order chi connectivity index (χ0) is 18.4. The predicted molar refractivity (Wildman–Crippen MR) is 82.5 cm³/mol. The average molecular weight is 353 g/mol. The first-order valence-corrected chi connectivity index (χ1v) is 7.31. The predicted octanol–water partition coefficient (Wildman–Crippen LogP) is 2.18. The fourth-order valence-corrected chi connectivity index (χ4v) is 2.83. The highest BCUT2D eigenvalue weighted by Crippen LogP contribution is 2.33. The molecule has 0 radical (unpaired) electrons. The van der Waals surface area contributed by atoms with Crippen LogP contribution in [0.25, 0.3) is 0 Å². The van der Waals surface area contributed by atoms with Crippen LogP contribution < -0.4 is 15.6 Å². The third kappa shape index (κ3) is 2.86. The third-order valence-electron chi connectivity index (χ3n) is 4.12. The molecule has 3 rings (SSSR count). The normalized spacial score (nSPS) is 19.5. The molecule has 1 amide bonds. The monoisotopic (exact) mass is 353 g/mol. The number of aromatic nitrogens is 2. The number of amides is 1. The number of ether oxygens (including phenoxy) is 1. The SMILES string of the molecule is COc1ccc(CC2(C)C(=O)Nc3nc(C(F)(F)F)cc(=O)n32)cc1. The number of alkyl halides is 3. The number of anilines is 1. The lowest BCUT2D eigenvalue weighted by atomic mass is 9.92. The number of rotatable bonds is 3. The van der Waals surface area contributed by atoms with Gasteiger partial charge in [-0.05, 0) is 24.6 Å². The van der Waals surface area contributed by atoms with Crippen molar-refractivity contribution in [3.05, 3.63) is 51.9 Å². The van der Waals surface area contributed by atoms with Crippen LogP contribution in [0.15, 0.2) is 35.1 Å². The summed E-state index contributed by atoms with van der Waals surface area (Å²) in [5, 5.41) is 2.27. The Labute approximate surface area is 140 Å². The fourth-order valence-electron chi connectivity index (χ4n) is 2.83. The van der Waals surface area contributed by atoms with Crippen LogP contribution in [0, 0.1) is 0 Å². The van der Waals surface area contributed by atoms with E-state index in [1.807, 2.05) is 0 Å². The Morgan fingerprint density at radius 2 is 1.88 bits per heavy atom. The summed E-state index contributed by atoms with van der Waals surface area (Å²) in [6.07, 6.45) is -4.66. The van der Waals surface area contributed by atoms with Crippen LogP contribution in [-0.2, 0) is 22.9 Å². The second kappa shape index (κ2) is 5.61. The highest BCUT2D eigenvalue weighted by atomic mass is 19.4. The number of nitrogens with one attached hydrogen (secondary N) is 1. The van der Waals surface area contributed by atoms with Crippen LogP contribution in [0.3, 0.4) is 0 Å². The van der Waals surface area contributed by atoms with E-state index in [1.165, 1.54) is 14.0 Å². The topological polar surface area (TPSA) is 73.2 Å². The number of carbonyl (C=O) groups is 1. The first kappa shape index (κ1) is 17.0. The molecule has 132 valence electrons. The van der Waals surface area contributed by atoms with Crippen LogP contribution >= 0.6 is 0 Å². The number of fused-ring (bicyclic) bond motifs is 1. The molecule has 0 bridgehead atoms. The van der Waals surface area contributed by atoms with Gasteiger partial charge in [-0.3, -0.25) is 19.5 Å². The van der Waals surface area contributed by atoms with Crippen LogP contribution in [0.4, 0.5) is 19.1 Å². The maximum absolute atomic E-state index is 12.8. The van der Waals surface area contributed by atoms with E-state index in [9.17, 15) is 22.8 Å². The molecule has 1 aromatic carbocycles. The van der Waals surface area contributed by atoms with Gasteiger partial charge < -0.3 is 4.74 Å². The maximum Gasteiger partial charge on any atom is 0.433 e. The van der Waals surface area contributed by atoms with Crippen molar-refractivity contribution < 1.29 is 22.7 Å². The molecule has 2 heterocycles. The van der Waals surface area contributed by atoms with E-state index in [-0.39, 0.29) is 6.42 Å². The number of halogens is 3. The quantitative estimate of drug-likeness (QED) is 0.918. The molecule has 6 nitrogen and oxygen atoms in total. The number of hydrogen-bond acceptors (Lipinski definition) is 4. The smallest absolute Gasteiger partial charge is 0.433 e. The van der Waals surface area contributed by atoms with Crippen molar-refractivity contribution in [2.45, 2.75) is 25.1 Å². The minimum absolute atomic E-state index is 0.114. The van der Waals surface area contributed by atoms with Crippen molar-refractivity contribution >= 4 is 11.9 Å². The largest absolute Gasteiger partial charge is 0.497 e. The molecule has 0 fully saturated rings. The van der Waals surface area contributed by atoms with E-state index in [4.69, 9.17) is 4.74 Å². The van der Waals surface area contributed by atoms with Crippen molar-refractivity contribution in [2.75, 3.05) is 12.4 Å².